The number of carbonyl (C=O) groups excluding carboxylic acids is 1. The number of para-hydroxylation sites is 1. The van der Waals surface area contributed by atoms with Gasteiger partial charge in [0, 0.05) is 43.2 Å². The molecule has 0 saturated carbocycles. The van der Waals surface area contributed by atoms with Gasteiger partial charge < -0.3 is 15.6 Å². The number of benzene rings is 1. The van der Waals surface area contributed by atoms with E-state index >= 15 is 0 Å². The molecule has 0 bridgehead atoms. The van der Waals surface area contributed by atoms with Crippen LogP contribution in [0, 0.1) is 0 Å². The second kappa shape index (κ2) is 5.69. The Bertz CT molecular complexity index is 545. The van der Waals surface area contributed by atoms with Crippen molar-refractivity contribution in [2.24, 2.45) is 5.73 Å². The minimum absolute atomic E-state index is 0.0876. The molecule has 2 rings (SSSR count). The summed E-state index contributed by atoms with van der Waals surface area (Å²) in [6.45, 7) is 3.82. The zero-order valence-electron chi connectivity index (χ0n) is 10.6. The van der Waals surface area contributed by atoms with Gasteiger partial charge in [-0.3, -0.25) is 4.79 Å². The molecule has 0 radical (unpaired) electrons. The lowest BCUT2D eigenvalue weighted by Crippen LogP contribution is -2.23. The Morgan fingerprint density at radius 2 is 2.17 bits per heavy atom. The maximum Gasteiger partial charge on any atom is 0.221 e. The molecule has 4 nitrogen and oxygen atoms in total. The quantitative estimate of drug-likeness (QED) is 0.841. The summed E-state index contributed by atoms with van der Waals surface area (Å²) in [5, 5.41) is 3.98. The van der Waals surface area contributed by atoms with Crippen molar-refractivity contribution in [2.45, 2.75) is 26.4 Å². The van der Waals surface area contributed by atoms with Crippen molar-refractivity contribution in [3.63, 3.8) is 0 Å². The fraction of sp³-hybridized carbons (Fsp3) is 0.357. The highest BCUT2D eigenvalue weighted by Gasteiger charge is 2.07. The monoisotopic (exact) mass is 245 g/mol. The fourth-order valence-corrected chi connectivity index (χ4v) is 2.18. The van der Waals surface area contributed by atoms with Crippen LogP contribution in [-0.4, -0.2) is 17.0 Å². The minimum Gasteiger partial charge on any atom is -0.356 e. The van der Waals surface area contributed by atoms with Gasteiger partial charge in [-0.25, -0.2) is 0 Å². The summed E-state index contributed by atoms with van der Waals surface area (Å²) in [5.74, 6) is 0.0876. The highest BCUT2D eigenvalue weighted by molar-refractivity contribution is 5.84. The zero-order valence-corrected chi connectivity index (χ0v) is 10.6. The van der Waals surface area contributed by atoms with Crippen LogP contribution in [0.3, 0.4) is 0 Å². The summed E-state index contributed by atoms with van der Waals surface area (Å²) >= 11 is 0. The molecule has 0 atom stereocenters. The van der Waals surface area contributed by atoms with Crippen LogP contribution in [0.5, 0.6) is 0 Å². The molecule has 0 fully saturated rings. The molecule has 0 aliphatic carbocycles. The van der Waals surface area contributed by atoms with Crippen molar-refractivity contribution >= 4 is 16.8 Å². The topological polar surface area (TPSA) is 60.0 Å². The molecule has 4 heteroatoms. The number of nitrogens with two attached hydrogens (primary N) is 1. The van der Waals surface area contributed by atoms with Gasteiger partial charge in [0.1, 0.15) is 0 Å². The molecular formula is C14H19N3O. The third kappa shape index (κ3) is 2.54. The molecule has 96 valence electrons. The lowest BCUT2D eigenvalue weighted by atomic mass is 10.2. The number of aryl methyl sites for hydroxylation is 1. The number of fused-ring (bicyclic) bond motifs is 1. The summed E-state index contributed by atoms with van der Waals surface area (Å²) in [6.07, 6.45) is 2.54. The number of amides is 1. The van der Waals surface area contributed by atoms with Crippen molar-refractivity contribution in [1.82, 2.24) is 9.88 Å². The maximum atomic E-state index is 11.5. The van der Waals surface area contributed by atoms with Gasteiger partial charge in [-0.1, -0.05) is 18.2 Å². The number of nitrogens with one attached hydrogen (secondary N) is 1. The van der Waals surface area contributed by atoms with Crippen molar-refractivity contribution in [3.05, 3.63) is 36.0 Å². The molecule has 1 aromatic carbocycles. The molecule has 2 aromatic rings. The van der Waals surface area contributed by atoms with Crippen LogP contribution in [0.25, 0.3) is 10.9 Å². The number of hydrogen-bond donors (Lipinski definition) is 2. The second-order valence-electron chi connectivity index (χ2n) is 4.27. The highest BCUT2D eigenvalue weighted by atomic mass is 16.1. The van der Waals surface area contributed by atoms with Crippen molar-refractivity contribution in [2.75, 3.05) is 6.54 Å². The molecule has 0 unspecified atom stereocenters. The normalized spacial score (nSPS) is 10.8. The minimum atomic E-state index is 0.0876. The van der Waals surface area contributed by atoms with E-state index in [4.69, 9.17) is 5.73 Å². The zero-order chi connectivity index (χ0) is 13.0. The third-order valence-electron chi connectivity index (χ3n) is 3.04. The lowest BCUT2D eigenvalue weighted by molar-refractivity contribution is -0.121. The summed E-state index contributed by atoms with van der Waals surface area (Å²) < 4.78 is 2.10. The van der Waals surface area contributed by atoms with E-state index in [9.17, 15) is 4.79 Å². The van der Waals surface area contributed by atoms with E-state index in [2.05, 4.69) is 22.0 Å². The van der Waals surface area contributed by atoms with Crippen LogP contribution in [0.15, 0.2) is 30.5 Å². The second-order valence-corrected chi connectivity index (χ2v) is 4.27. The first kappa shape index (κ1) is 12.6. The predicted octanol–water partition coefficient (Wildman–Crippen LogP) is 1.63. The van der Waals surface area contributed by atoms with E-state index in [0.29, 0.717) is 26.1 Å². The van der Waals surface area contributed by atoms with Gasteiger partial charge in [-0.05, 0) is 18.6 Å². The Hall–Kier alpha value is -1.81. The van der Waals surface area contributed by atoms with Crippen LogP contribution in [0.1, 0.15) is 18.9 Å². The summed E-state index contributed by atoms with van der Waals surface area (Å²) in [4.78, 5) is 11.5. The predicted molar refractivity (Wildman–Crippen MR) is 73.1 cm³/mol. The van der Waals surface area contributed by atoms with Crippen LogP contribution in [0.2, 0.25) is 0 Å². The average Bonchev–Trinajstić information content (AvgIpc) is 2.75. The number of rotatable bonds is 5. The molecule has 0 saturated heterocycles. The summed E-state index contributed by atoms with van der Waals surface area (Å²) in [5.41, 5.74) is 8.01. The van der Waals surface area contributed by atoms with Crippen molar-refractivity contribution in [1.29, 1.82) is 0 Å². The Labute approximate surface area is 107 Å². The van der Waals surface area contributed by atoms with Crippen LogP contribution >= 0.6 is 0 Å². The smallest absolute Gasteiger partial charge is 0.221 e. The molecule has 1 amide bonds. The Balaban J connectivity index is 2.20. The highest BCUT2D eigenvalue weighted by Crippen LogP contribution is 2.21. The molecule has 1 aromatic heterocycles. The molecule has 0 aliphatic rings. The molecule has 1 heterocycles. The van der Waals surface area contributed by atoms with Gasteiger partial charge in [0.05, 0.1) is 0 Å². The summed E-state index contributed by atoms with van der Waals surface area (Å²) in [6, 6.07) is 8.15. The van der Waals surface area contributed by atoms with Gasteiger partial charge in [-0.15, -0.1) is 0 Å². The molecule has 0 spiro atoms. The number of aromatic nitrogens is 1. The fourth-order valence-electron chi connectivity index (χ4n) is 2.18. The standard InChI is InChI=1S/C14H19N3O/c1-2-16-14(18)7-8-17-10-11(9-15)12-5-3-4-6-13(12)17/h3-6,10H,2,7-9,15H2,1H3,(H,16,18). The Morgan fingerprint density at radius 1 is 1.39 bits per heavy atom. The van der Waals surface area contributed by atoms with E-state index in [1.54, 1.807) is 0 Å². The number of carbonyl (C=O) groups is 1. The van der Waals surface area contributed by atoms with E-state index in [1.807, 2.05) is 25.3 Å². The number of hydrogen-bond acceptors (Lipinski definition) is 2. The average molecular weight is 245 g/mol. The largest absolute Gasteiger partial charge is 0.356 e. The third-order valence-corrected chi connectivity index (χ3v) is 3.04. The van der Waals surface area contributed by atoms with Crippen LogP contribution in [0.4, 0.5) is 0 Å². The van der Waals surface area contributed by atoms with Gasteiger partial charge >= 0.3 is 0 Å². The first-order valence-corrected chi connectivity index (χ1v) is 6.29. The van der Waals surface area contributed by atoms with Gasteiger partial charge in [0.2, 0.25) is 5.91 Å². The van der Waals surface area contributed by atoms with Gasteiger partial charge in [-0.2, -0.15) is 0 Å². The Kier molecular flexibility index (Phi) is 3.99. The first-order valence-electron chi connectivity index (χ1n) is 6.29. The maximum absolute atomic E-state index is 11.5. The number of nitrogens with zero attached hydrogens (tertiary/aromatic N) is 1. The van der Waals surface area contributed by atoms with E-state index in [0.717, 1.165) is 11.1 Å². The summed E-state index contributed by atoms with van der Waals surface area (Å²) in [7, 11) is 0. The van der Waals surface area contributed by atoms with Crippen molar-refractivity contribution in [3.8, 4) is 0 Å². The van der Waals surface area contributed by atoms with E-state index in [-0.39, 0.29) is 5.91 Å². The van der Waals surface area contributed by atoms with Crippen LogP contribution < -0.4 is 11.1 Å². The Morgan fingerprint density at radius 3 is 2.89 bits per heavy atom. The molecule has 0 aliphatic heterocycles. The first-order chi connectivity index (χ1) is 8.76. The van der Waals surface area contributed by atoms with Gasteiger partial charge in [0.25, 0.3) is 0 Å². The van der Waals surface area contributed by atoms with Crippen LogP contribution in [-0.2, 0) is 17.9 Å². The molecule has 3 N–H and O–H groups in total. The van der Waals surface area contributed by atoms with Crippen molar-refractivity contribution < 1.29 is 4.79 Å². The lowest BCUT2D eigenvalue weighted by Gasteiger charge is -2.05. The molecule has 18 heavy (non-hydrogen) atoms. The SMILES string of the molecule is CCNC(=O)CCn1cc(CN)c2ccccc21. The van der Waals surface area contributed by atoms with E-state index < -0.39 is 0 Å². The van der Waals surface area contributed by atoms with E-state index in [1.165, 1.54) is 5.39 Å². The van der Waals surface area contributed by atoms with Gasteiger partial charge in [0.15, 0.2) is 0 Å². The molecular weight excluding hydrogens is 226 g/mol.